The maximum absolute atomic E-state index is 13.0. The normalized spacial score (nSPS) is 19.9. The molecule has 4 heterocycles. The second-order valence-corrected chi connectivity index (χ2v) is 13.5. The van der Waals surface area contributed by atoms with Crippen molar-refractivity contribution in [3.63, 3.8) is 0 Å². The minimum Gasteiger partial charge on any atom is -0.338 e. The fraction of sp³-hybridized carbons (Fsp3) is 0.417. The summed E-state index contributed by atoms with van der Waals surface area (Å²) in [5, 5.41) is 7.89. The molecule has 2 aromatic heterocycles. The Balaban J connectivity index is 1.30. The third kappa shape index (κ3) is 5.28. The molecular weight excluding hydrogens is 534 g/mol. The molecule has 3 aromatic rings. The number of nitrogens with zero attached hydrogens (tertiary/aromatic N) is 5. The lowest BCUT2D eigenvalue weighted by atomic mass is 10.0. The van der Waals surface area contributed by atoms with E-state index >= 15 is 0 Å². The van der Waals surface area contributed by atoms with E-state index in [2.05, 4.69) is 37.5 Å². The van der Waals surface area contributed by atoms with E-state index in [0.717, 1.165) is 26.2 Å². The molecule has 0 spiro atoms. The number of hydrogen-bond acceptors (Lipinski definition) is 10. The first-order chi connectivity index (χ1) is 17.6. The number of fused-ring (bicyclic) bond motifs is 1. The maximum atomic E-state index is 13.0. The standard InChI is InChI=1S/C24H28ClN7O3S2/c1-14(2)37(34,35)20-7-5-4-6-18(20)27-21-17(25)8-26-23(29-21)30-24-28-19(13-36-24)22(33)32-11-15-9-31(3)10-16(15)12-32/h4-8,13-16H,9-12H2,1-3H3,(H2,26,27,28,29,30)/t15-,16+. The van der Waals surface area contributed by atoms with E-state index < -0.39 is 15.1 Å². The molecular formula is C24H28ClN7O3S2. The van der Waals surface area contributed by atoms with Crippen LogP contribution in [0, 0.1) is 11.8 Å². The van der Waals surface area contributed by atoms with E-state index in [0.29, 0.717) is 28.3 Å². The monoisotopic (exact) mass is 561 g/mol. The number of carbonyl (C=O) groups is 1. The fourth-order valence-corrected chi connectivity index (χ4v) is 6.81. The molecule has 2 N–H and O–H groups in total. The van der Waals surface area contributed by atoms with E-state index in [9.17, 15) is 13.2 Å². The van der Waals surface area contributed by atoms with Crippen molar-refractivity contribution in [1.82, 2.24) is 24.8 Å². The number of anilines is 4. The number of amides is 1. The van der Waals surface area contributed by atoms with Crippen LogP contribution in [0.3, 0.4) is 0 Å². The van der Waals surface area contributed by atoms with Gasteiger partial charge in [-0.2, -0.15) is 4.98 Å². The zero-order valence-electron chi connectivity index (χ0n) is 20.7. The average molecular weight is 562 g/mol. The van der Waals surface area contributed by atoms with Crippen molar-refractivity contribution in [1.29, 1.82) is 0 Å². The second-order valence-electron chi connectivity index (χ2n) is 9.72. The first kappa shape index (κ1) is 25.8. The molecule has 2 aliphatic rings. The van der Waals surface area contributed by atoms with Crippen LogP contribution in [0.5, 0.6) is 0 Å². The molecule has 0 saturated carbocycles. The van der Waals surface area contributed by atoms with Crippen LogP contribution in [0.2, 0.25) is 5.02 Å². The van der Waals surface area contributed by atoms with Crippen LogP contribution in [0.1, 0.15) is 24.3 Å². The number of likely N-dealkylation sites (tertiary alicyclic amines) is 2. The summed E-state index contributed by atoms with van der Waals surface area (Å²) in [6, 6.07) is 6.61. The van der Waals surface area contributed by atoms with E-state index in [4.69, 9.17) is 11.6 Å². The van der Waals surface area contributed by atoms with Gasteiger partial charge in [0, 0.05) is 31.6 Å². The third-order valence-corrected chi connectivity index (χ3v) is 9.95. The summed E-state index contributed by atoms with van der Waals surface area (Å²) in [6.45, 7) is 6.83. The van der Waals surface area contributed by atoms with Gasteiger partial charge in [-0.1, -0.05) is 23.7 Å². The zero-order valence-corrected chi connectivity index (χ0v) is 23.1. The summed E-state index contributed by atoms with van der Waals surface area (Å²) >= 11 is 7.60. The van der Waals surface area contributed by atoms with E-state index in [1.54, 1.807) is 43.5 Å². The summed E-state index contributed by atoms with van der Waals surface area (Å²) in [5.41, 5.74) is 0.757. The molecule has 10 nitrogen and oxygen atoms in total. The number of hydrogen-bond donors (Lipinski definition) is 2. The molecule has 37 heavy (non-hydrogen) atoms. The Bertz CT molecular complexity index is 1420. The summed E-state index contributed by atoms with van der Waals surface area (Å²) in [5.74, 6) is 1.44. The van der Waals surface area contributed by atoms with Crippen molar-refractivity contribution in [3.8, 4) is 0 Å². The zero-order chi connectivity index (χ0) is 26.3. The van der Waals surface area contributed by atoms with Crippen LogP contribution in [-0.4, -0.2) is 77.6 Å². The van der Waals surface area contributed by atoms with Gasteiger partial charge >= 0.3 is 0 Å². The number of thiazole rings is 1. The van der Waals surface area contributed by atoms with Crippen LogP contribution >= 0.6 is 22.9 Å². The van der Waals surface area contributed by atoms with Gasteiger partial charge in [0.1, 0.15) is 10.7 Å². The first-order valence-electron chi connectivity index (χ1n) is 11.9. The van der Waals surface area contributed by atoms with Crippen molar-refractivity contribution in [2.75, 3.05) is 43.9 Å². The lowest BCUT2D eigenvalue weighted by molar-refractivity contribution is 0.0771. The molecule has 0 aliphatic carbocycles. The first-order valence-corrected chi connectivity index (χ1v) is 14.7. The molecule has 2 atom stereocenters. The van der Waals surface area contributed by atoms with Gasteiger partial charge in [0.05, 0.1) is 22.0 Å². The second kappa shape index (κ2) is 10.2. The molecule has 0 radical (unpaired) electrons. The topological polar surface area (TPSA) is 120 Å². The molecule has 5 rings (SSSR count). The number of aromatic nitrogens is 3. The Morgan fingerprint density at radius 2 is 1.81 bits per heavy atom. The highest BCUT2D eigenvalue weighted by atomic mass is 35.5. The Morgan fingerprint density at radius 1 is 1.11 bits per heavy atom. The van der Waals surface area contributed by atoms with Crippen LogP contribution < -0.4 is 10.6 Å². The predicted molar refractivity (Wildman–Crippen MR) is 145 cm³/mol. The van der Waals surface area contributed by atoms with Crippen molar-refractivity contribution in [3.05, 3.63) is 46.6 Å². The van der Waals surface area contributed by atoms with Gasteiger partial charge in [0.2, 0.25) is 5.95 Å². The summed E-state index contributed by atoms with van der Waals surface area (Å²) < 4.78 is 25.6. The summed E-state index contributed by atoms with van der Waals surface area (Å²) in [4.78, 5) is 30.5. The molecule has 196 valence electrons. The Kier molecular flexibility index (Phi) is 7.10. The number of para-hydroxylation sites is 1. The molecule has 2 saturated heterocycles. The highest BCUT2D eigenvalue weighted by Gasteiger charge is 2.40. The van der Waals surface area contributed by atoms with E-state index in [1.165, 1.54) is 17.5 Å². The number of carbonyl (C=O) groups excluding carboxylic acids is 1. The fourth-order valence-electron chi connectivity index (χ4n) is 4.80. The van der Waals surface area contributed by atoms with Crippen LogP contribution in [0.4, 0.5) is 22.6 Å². The molecule has 0 bridgehead atoms. The smallest absolute Gasteiger partial charge is 0.273 e. The summed E-state index contributed by atoms with van der Waals surface area (Å²) in [6.07, 6.45) is 1.42. The molecule has 1 aromatic carbocycles. The molecule has 0 unspecified atom stereocenters. The third-order valence-electron chi connectivity index (χ3n) is 6.71. The quantitative estimate of drug-likeness (QED) is 0.442. The molecule has 2 aliphatic heterocycles. The maximum Gasteiger partial charge on any atom is 0.273 e. The van der Waals surface area contributed by atoms with Crippen molar-refractivity contribution >= 4 is 61.3 Å². The lowest BCUT2D eigenvalue weighted by Crippen LogP contribution is -2.32. The van der Waals surface area contributed by atoms with Gasteiger partial charge in [-0.25, -0.2) is 18.4 Å². The molecule has 13 heteroatoms. The lowest BCUT2D eigenvalue weighted by Gasteiger charge is -2.18. The SMILES string of the molecule is CC(C)S(=O)(=O)c1ccccc1Nc1nc(Nc2nc(C(=O)N3C[C@H]4CN(C)C[C@H]4C3)cs2)ncc1Cl. The number of sulfone groups is 1. The van der Waals surface area contributed by atoms with Gasteiger partial charge in [0.25, 0.3) is 5.91 Å². The largest absolute Gasteiger partial charge is 0.338 e. The average Bonchev–Trinajstić information content (AvgIpc) is 3.56. The predicted octanol–water partition coefficient (Wildman–Crippen LogP) is 3.89. The number of nitrogens with one attached hydrogen (secondary N) is 2. The highest BCUT2D eigenvalue weighted by molar-refractivity contribution is 7.92. The number of rotatable bonds is 7. The van der Waals surface area contributed by atoms with Crippen LogP contribution in [0.15, 0.2) is 40.7 Å². The van der Waals surface area contributed by atoms with E-state index in [1.807, 2.05) is 4.90 Å². The van der Waals surface area contributed by atoms with Gasteiger partial charge in [-0.15, -0.1) is 11.3 Å². The summed E-state index contributed by atoms with van der Waals surface area (Å²) in [7, 11) is -1.41. The van der Waals surface area contributed by atoms with Crippen molar-refractivity contribution < 1.29 is 13.2 Å². The van der Waals surface area contributed by atoms with Crippen molar-refractivity contribution in [2.45, 2.75) is 24.0 Å². The van der Waals surface area contributed by atoms with Crippen molar-refractivity contribution in [2.24, 2.45) is 11.8 Å². The van der Waals surface area contributed by atoms with E-state index in [-0.39, 0.29) is 27.6 Å². The molecule has 1 amide bonds. The van der Waals surface area contributed by atoms with Gasteiger partial charge in [-0.3, -0.25) is 10.1 Å². The Morgan fingerprint density at radius 3 is 2.51 bits per heavy atom. The van der Waals surface area contributed by atoms with Crippen LogP contribution in [0.25, 0.3) is 0 Å². The number of benzene rings is 1. The van der Waals surface area contributed by atoms with Gasteiger partial charge in [0.15, 0.2) is 20.8 Å². The van der Waals surface area contributed by atoms with Gasteiger partial charge in [-0.05, 0) is 44.9 Å². The minimum absolute atomic E-state index is 0.0660. The molecule has 2 fully saturated rings. The minimum atomic E-state index is -3.53. The number of halogens is 1. The Labute approximate surface area is 225 Å². The van der Waals surface area contributed by atoms with Gasteiger partial charge < -0.3 is 15.1 Å². The Hall–Kier alpha value is -2.80. The van der Waals surface area contributed by atoms with Crippen LogP contribution in [-0.2, 0) is 9.84 Å². The highest BCUT2D eigenvalue weighted by Crippen LogP contribution is 2.33.